The Kier molecular flexibility index (Phi) is 7.49. The zero-order chi connectivity index (χ0) is 14.1. The largest absolute Gasteiger partial charge is 0.377 e. The molecule has 0 aliphatic heterocycles. The van der Waals surface area contributed by atoms with Gasteiger partial charge >= 0.3 is 0 Å². The predicted octanol–water partition coefficient (Wildman–Crippen LogP) is 3.75. The molecule has 2 heteroatoms. The average molecular weight is 265 g/mol. The summed E-state index contributed by atoms with van der Waals surface area (Å²) in [7, 11) is 1.89. The van der Waals surface area contributed by atoms with Crippen molar-refractivity contribution in [2.45, 2.75) is 77.4 Å². The molecule has 0 aromatic rings. The molecule has 1 saturated carbocycles. The van der Waals surface area contributed by atoms with Crippen molar-refractivity contribution >= 4 is 0 Å². The minimum atomic E-state index is 0.0388. The fourth-order valence-corrected chi connectivity index (χ4v) is 3.16. The van der Waals surface area contributed by atoms with Crippen molar-refractivity contribution in [3.05, 3.63) is 0 Å². The lowest BCUT2D eigenvalue weighted by Crippen LogP contribution is -2.54. The normalized spacial score (nSPS) is 28.5. The molecule has 1 aliphatic carbocycles. The Labute approximate surface area is 119 Å². The second kappa shape index (κ2) is 8.61. The Morgan fingerprint density at radius 3 is 2.58 bits per heavy atom. The van der Waals surface area contributed by atoms with Gasteiger partial charge in [-0.25, -0.2) is 0 Å². The first-order valence-corrected chi connectivity index (χ1v) is 7.86. The van der Waals surface area contributed by atoms with Gasteiger partial charge < -0.3 is 10.1 Å². The summed E-state index contributed by atoms with van der Waals surface area (Å²) in [5, 5.41) is 3.71. The molecular formula is C17H31NO. The summed E-state index contributed by atoms with van der Waals surface area (Å²) in [5.74, 6) is 7.05. The molecule has 0 saturated heterocycles. The summed E-state index contributed by atoms with van der Waals surface area (Å²) < 4.78 is 6.01. The van der Waals surface area contributed by atoms with Crippen LogP contribution in [0.15, 0.2) is 0 Å². The molecule has 1 N–H and O–H groups in total. The van der Waals surface area contributed by atoms with Gasteiger partial charge in [0.1, 0.15) is 0 Å². The van der Waals surface area contributed by atoms with E-state index in [1.54, 1.807) is 0 Å². The van der Waals surface area contributed by atoms with Crippen molar-refractivity contribution in [1.82, 2.24) is 5.32 Å². The van der Waals surface area contributed by atoms with E-state index in [4.69, 9.17) is 4.74 Å². The van der Waals surface area contributed by atoms with Crippen LogP contribution in [-0.4, -0.2) is 25.3 Å². The Hall–Kier alpha value is -0.520. The van der Waals surface area contributed by atoms with Gasteiger partial charge in [0.25, 0.3) is 0 Å². The SMILES string of the molecule is CC#CCCC(NCCC)C1(OC)CCC(C)CC1. The van der Waals surface area contributed by atoms with Crippen molar-refractivity contribution in [2.24, 2.45) is 5.92 Å². The van der Waals surface area contributed by atoms with Crippen LogP contribution >= 0.6 is 0 Å². The summed E-state index contributed by atoms with van der Waals surface area (Å²) in [6, 6.07) is 0.450. The molecule has 1 atom stereocenters. The minimum absolute atomic E-state index is 0.0388. The summed E-state index contributed by atoms with van der Waals surface area (Å²) in [4.78, 5) is 0. The zero-order valence-corrected chi connectivity index (χ0v) is 13.2. The molecular weight excluding hydrogens is 234 g/mol. The molecule has 0 heterocycles. The molecule has 0 radical (unpaired) electrons. The van der Waals surface area contributed by atoms with Crippen LogP contribution in [0.1, 0.15) is 65.7 Å². The lowest BCUT2D eigenvalue weighted by Gasteiger charge is -2.44. The smallest absolute Gasteiger partial charge is 0.0831 e. The number of nitrogens with one attached hydrogen (secondary N) is 1. The van der Waals surface area contributed by atoms with E-state index in [2.05, 4.69) is 31.0 Å². The van der Waals surface area contributed by atoms with Crippen molar-refractivity contribution in [3.8, 4) is 11.8 Å². The predicted molar refractivity (Wildman–Crippen MR) is 82.1 cm³/mol. The summed E-state index contributed by atoms with van der Waals surface area (Å²) in [6.07, 6.45) is 8.19. The lowest BCUT2D eigenvalue weighted by atomic mass is 9.74. The third kappa shape index (κ3) is 4.82. The molecule has 1 rings (SSSR count). The van der Waals surface area contributed by atoms with Gasteiger partial charge in [-0.05, 0) is 57.9 Å². The van der Waals surface area contributed by atoms with Crippen molar-refractivity contribution in [1.29, 1.82) is 0 Å². The summed E-state index contributed by atoms with van der Waals surface area (Å²) in [6.45, 7) is 7.57. The van der Waals surface area contributed by atoms with Crippen molar-refractivity contribution < 1.29 is 4.74 Å². The van der Waals surface area contributed by atoms with Crippen LogP contribution in [0.5, 0.6) is 0 Å². The molecule has 2 nitrogen and oxygen atoms in total. The summed E-state index contributed by atoms with van der Waals surface area (Å²) >= 11 is 0. The number of ether oxygens (including phenoxy) is 1. The van der Waals surface area contributed by atoms with E-state index >= 15 is 0 Å². The molecule has 19 heavy (non-hydrogen) atoms. The summed E-state index contributed by atoms with van der Waals surface area (Å²) in [5.41, 5.74) is 0.0388. The van der Waals surface area contributed by atoms with E-state index in [0.29, 0.717) is 6.04 Å². The molecule has 0 amide bonds. The molecule has 0 aromatic carbocycles. The zero-order valence-electron chi connectivity index (χ0n) is 13.2. The molecule has 1 unspecified atom stereocenters. The van der Waals surface area contributed by atoms with Gasteiger partial charge in [0, 0.05) is 19.6 Å². The molecule has 0 aromatic heterocycles. The Bertz CT molecular complexity index is 294. The maximum absolute atomic E-state index is 6.01. The molecule has 110 valence electrons. The van der Waals surface area contributed by atoms with E-state index in [1.165, 1.54) is 32.1 Å². The highest BCUT2D eigenvalue weighted by atomic mass is 16.5. The quantitative estimate of drug-likeness (QED) is 0.708. The van der Waals surface area contributed by atoms with Crippen LogP contribution in [0.3, 0.4) is 0 Å². The first kappa shape index (κ1) is 16.5. The Morgan fingerprint density at radius 1 is 1.37 bits per heavy atom. The highest BCUT2D eigenvalue weighted by Crippen LogP contribution is 2.38. The number of hydrogen-bond donors (Lipinski definition) is 1. The van der Waals surface area contributed by atoms with Gasteiger partial charge in [-0.3, -0.25) is 0 Å². The third-order valence-electron chi connectivity index (χ3n) is 4.54. The fourth-order valence-electron chi connectivity index (χ4n) is 3.16. The number of methoxy groups -OCH3 is 1. The lowest BCUT2D eigenvalue weighted by molar-refractivity contribution is -0.0761. The second-order valence-corrected chi connectivity index (χ2v) is 5.92. The maximum atomic E-state index is 6.01. The van der Waals surface area contributed by atoms with Crippen molar-refractivity contribution in [2.75, 3.05) is 13.7 Å². The Balaban J connectivity index is 2.69. The van der Waals surface area contributed by atoms with E-state index in [-0.39, 0.29) is 5.60 Å². The van der Waals surface area contributed by atoms with Crippen LogP contribution in [0.2, 0.25) is 0 Å². The Morgan fingerprint density at radius 2 is 2.05 bits per heavy atom. The van der Waals surface area contributed by atoms with Crippen LogP contribution in [0, 0.1) is 17.8 Å². The first-order chi connectivity index (χ1) is 9.18. The van der Waals surface area contributed by atoms with E-state index in [0.717, 1.165) is 25.3 Å². The molecule has 1 fully saturated rings. The van der Waals surface area contributed by atoms with Crippen LogP contribution in [0.25, 0.3) is 0 Å². The van der Waals surface area contributed by atoms with Crippen LogP contribution in [-0.2, 0) is 4.74 Å². The van der Waals surface area contributed by atoms with E-state index in [1.807, 2.05) is 14.0 Å². The van der Waals surface area contributed by atoms with E-state index < -0.39 is 0 Å². The van der Waals surface area contributed by atoms with E-state index in [9.17, 15) is 0 Å². The first-order valence-electron chi connectivity index (χ1n) is 7.86. The minimum Gasteiger partial charge on any atom is -0.377 e. The highest BCUT2D eigenvalue weighted by Gasteiger charge is 2.40. The van der Waals surface area contributed by atoms with Gasteiger partial charge in [0.2, 0.25) is 0 Å². The number of hydrogen-bond acceptors (Lipinski definition) is 2. The van der Waals surface area contributed by atoms with Crippen LogP contribution in [0.4, 0.5) is 0 Å². The standard InChI is InChI=1S/C17H31NO/c1-5-7-8-9-16(18-14-6-2)17(19-4)12-10-15(3)11-13-17/h15-16,18H,6,8-14H2,1-4H3. The van der Waals surface area contributed by atoms with Crippen LogP contribution < -0.4 is 5.32 Å². The maximum Gasteiger partial charge on any atom is 0.0831 e. The number of rotatable bonds is 7. The average Bonchev–Trinajstić information content (AvgIpc) is 2.44. The van der Waals surface area contributed by atoms with Gasteiger partial charge in [0.05, 0.1) is 5.60 Å². The monoisotopic (exact) mass is 265 g/mol. The molecule has 1 aliphatic rings. The van der Waals surface area contributed by atoms with Gasteiger partial charge in [-0.2, -0.15) is 0 Å². The third-order valence-corrected chi connectivity index (χ3v) is 4.54. The van der Waals surface area contributed by atoms with Crippen molar-refractivity contribution in [3.63, 3.8) is 0 Å². The molecule has 0 spiro atoms. The van der Waals surface area contributed by atoms with Gasteiger partial charge in [0.15, 0.2) is 0 Å². The topological polar surface area (TPSA) is 21.3 Å². The second-order valence-electron chi connectivity index (χ2n) is 5.92. The fraction of sp³-hybridized carbons (Fsp3) is 0.882. The molecule has 0 bridgehead atoms. The highest BCUT2D eigenvalue weighted by molar-refractivity contribution is 5.01. The van der Waals surface area contributed by atoms with Gasteiger partial charge in [-0.1, -0.05) is 13.8 Å². The van der Waals surface area contributed by atoms with Gasteiger partial charge in [-0.15, -0.1) is 11.8 Å².